The molecule has 0 radical (unpaired) electrons. The van der Waals surface area contributed by atoms with E-state index in [9.17, 15) is 9.90 Å². The maximum absolute atomic E-state index is 11.5. The topological polar surface area (TPSA) is 40.5 Å². The molecule has 1 aliphatic heterocycles. The number of hydrogen-bond acceptors (Lipinski definition) is 3. The first-order valence-electron chi connectivity index (χ1n) is 7.14. The number of thiophene rings is 1. The Balaban J connectivity index is 2.18. The van der Waals surface area contributed by atoms with Crippen LogP contribution in [0.3, 0.4) is 0 Å². The first-order valence-corrected chi connectivity index (χ1v) is 7.96. The molecule has 0 bridgehead atoms. The average Bonchev–Trinajstić information content (AvgIpc) is 2.74. The van der Waals surface area contributed by atoms with E-state index in [1.807, 2.05) is 0 Å². The van der Waals surface area contributed by atoms with Crippen LogP contribution in [0.25, 0.3) is 0 Å². The number of aryl methyl sites for hydroxylation is 1. The summed E-state index contributed by atoms with van der Waals surface area (Å²) in [6.07, 6.45) is 5.31. The molecule has 1 aliphatic rings. The minimum absolute atomic E-state index is 0.206. The van der Waals surface area contributed by atoms with Gasteiger partial charge >= 0.3 is 5.97 Å². The van der Waals surface area contributed by atoms with Crippen molar-refractivity contribution in [3.05, 3.63) is 21.9 Å². The van der Waals surface area contributed by atoms with Gasteiger partial charge in [-0.25, -0.2) is 0 Å². The largest absolute Gasteiger partial charge is 0.480 e. The first kappa shape index (κ1) is 14.5. The molecule has 1 aromatic rings. The lowest BCUT2D eigenvalue weighted by Gasteiger charge is -2.35. The minimum atomic E-state index is -0.665. The van der Waals surface area contributed by atoms with Crippen molar-refractivity contribution in [3.8, 4) is 0 Å². The van der Waals surface area contributed by atoms with Crippen LogP contribution in [0.15, 0.2) is 12.1 Å². The van der Waals surface area contributed by atoms with E-state index in [0.717, 1.165) is 25.8 Å². The zero-order chi connectivity index (χ0) is 13.8. The van der Waals surface area contributed by atoms with Crippen LogP contribution in [0.1, 0.15) is 54.8 Å². The molecular formula is C15H23NO2S. The maximum atomic E-state index is 11.5. The van der Waals surface area contributed by atoms with Crippen molar-refractivity contribution in [3.63, 3.8) is 0 Å². The fourth-order valence-electron chi connectivity index (χ4n) is 2.88. The molecule has 1 saturated heterocycles. The molecule has 106 valence electrons. The van der Waals surface area contributed by atoms with Crippen LogP contribution in [-0.2, 0) is 4.79 Å². The van der Waals surface area contributed by atoms with Crippen LogP contribution in [-0.4, -0.2) is 28.6 Å². The van der Waals surface area contributed by atoms with Gasteiger partial charge in [-0.3, -0.25) is 9.69 Å². The normalized spacial score (nSPS) is 23.6. The Morgan fingerprint density at radius 1 is 1.37 bits per heavy atom. The highest BCUT2D eigenvalue weighted by atomic mass is 32.1. The summed E-state index contributed by atoms with van der Waals surface area (Å²) in [5.74, 6) is -0.665. The second-order valence-corrected chi connectivity index (χ2v) is 6.74. The molecule has 3 nitrogen and oxygen atoms in total. The maximum Gasteiger partial charge on any atom is 0.320 e. The highest BCUT2D eigenvalue weighted by Crippen LogP contribution is 2.31. The van der Waals surface area contributed by atoms with E-state index >= 15 is 0 Å². The molecule has 2 heterocycles. The van der Waals surface area contributed by atoms with Gasteiger partial charge in [-0.2, -0.15) is 0 Å². The molecule has 19 heavy (non-hydrogen) atoms. The van der Waals surface area contributed by atoms with Gasteiger partial charge in [0.15, 0.2) is 0 Å². The molecule has 4 heteroatoms. The van der Waals surface area contributed by atoms with Gasteiger partial charge in [-0.1, -0.05) is 19.3 Å². The Morgan fingerprint density at radius 3 is 2.74 bits per heavy atom. The Kier molecular flexibility index (Phi) is 4.99. The van der Waals surface area contributed by atoms with Gasteiger partial charge < -0.3 is 5.11 Å². The van der Waals surface area contributed by atoms with Gasteiger partial charge in [0.05, 0.1) is 0 Å². The zero-order valence-corrected chi connectivity index (χ0v) is 12.6. The van der Waals surface area contributed by atoms with E-state index in [2.05, 4.69) is 30.9 Å². The number of aliphatic carboxylic acids is 1. The van der Waals surface area contributed by atoms with E-state index in [1.54, 1.807) is 11.3 Å². The predicted molar refractivity (Wildman–Crippen MR) is 78.7 cm³/mol. The summed E-state index contributed by atoms with van der Waals surface area (Å²) in [4.78, 5) is 16.3. The van der Waals surface area contributed by atoms with Gasteiger partial charge in [0.1, 0.15) is 6.04 Å². The van der Waals surface area contributed by atoms with Crippen molar-refractivity contribution in [1.82, 2.24) is 4.90 Å². The Morgan fingerprint density at radius 2 is 2.11 bits per heavy atom. The molecule has 2 rings (SSSR count). The first-order chi connectivity index (χ1) is 9.09. The van der Waals surface area contributed by atoms with Crippen LogP contribution < -0.4 is 0 Å². The molecule has 0 aliphatic carbocycles. The number of rotatable bonds is 3. The standard InChI is InChI=1S/C15H23NO2S/c1-11-8-9-14(19-11)12(2)16-10-6-4-3-5-7-13(16)15(17)18/h8-9,12-13H,3-7,10H2,1-2H3,(H,17,18). The fraction of sp³-hybridized carbons (Fsp3) is 0.667. The van der Waals surface area contributed by atoms with Crippen molar-refractivity contribution < 1.29 is 9.90 Å². The highest BCUT2D eigenvalue weighted by Gasteiger charge is 2.30. The molecule has 2 unspecified atom stereocenters. The quantitative estimate of drug-likeness (QED) is 0.915. The third kappa shape index (κ3) is 3.57. The van der Waals surface area contributed by atoms with Gasteiger partial charge in [-0.05, 0) is 45.4 Å². The van der Waals surface area contributed by atoms with E-state index < -0.39 is 5.97 Å². The van der Waals surface area contributed by atoms with Crippen molar-refractivity contribution in [2.45, 2.75) is 58.0 Å². The molecular weight excluding hydrogens is 258 g/mol. The third-order valence-electron chi connectivity index (χ3n) is 4.00. The summed E-state index contributed by atoms with van der Waals surface area (Å²) in [7, 11) is 0. The number of hydrogen-bond donors (Lipinski definition) is 1. The molecule has 0 amide bonds. The number of carboxylic acids is 1. The zero-order valence-electron chi connectivity index (χ0n) is 11.8. The van der Waals surface area contributed by atoms with Gasteiger partial charge in [0.25, 0.3) is 0 Å². The summed E-state index contributed by atoms with van der Waals surface area (Å²) in [6, 6.07) is 4.15. The van der Waals surface area contributed by atoms with Crippen LogP contribution in [0, 0.1) is 6.92 Å². The summed E-state index contributed by atoms with van der Waals surface area (Å²) in [5, 5.41) is 9.49. The van der Waals surface area contributed by atoms with Crippen molar-refractivity contribution >= 4 is 17.3 Å². The molecule has 2 atom stereocenters. The summed E-state index contributed by atoms with van der Waals surface area (Å²) < 4.78 is 0. The number of likely N-dealkylation sites (tertiary alicyclic amines) is 1. The van der Waals surface area contributed by atoms with E-state index in [4.69, 9.17) is 0 Å². The average molecular weight is 281 g/mol. The minimum Gasteiger partial charge on any atom is -0.480 e. The lowest BCUT2D eigenvalue weighted by atomic mass is 10.00. The van der Waals surface area contributed by atoms with Crippen LogP contribution >= 0.6 is 11.3 Å². The smallest absolute Gasteiger partial charge is 0.320 e. The van der Waals surface area contributed by atoms with E-state index in [0.29, 0.717) is 0 Å². The molecule has 1 fully saturated rings. The Labute approximate surface area is 119 Å². The molecule has 0 aromatic carbocycles. The molecule has 0 saturated carbocycles. The second kappa shape index (κ2) is 6.53. The van der Waals surface area contributed by atoms with Crippen LogP contribution in [0.2, 0.25) is 0 Å². The number of nitrogens with zero attached hydrogens (tertiary/aromatic N) is 1. The summed E-state index contributed by atoms with van der Waals surface area (Å²) in [6.45, 7) is 5.14. The van der Waals surface area contributed by atoms with Gasteiger partial charge in [0, 0.05) is 15.8 Å². The van der Waals surface area contributed by atoms with E-state index in [1.165, 1.54) is 22.6 Å². The molecule has 1 aromatic heterocycles. The predicted octanol–water partition coefficient (Wildman–Crippen LogP) is 3.84. The van der Waals surface area contributed by atoms with Crippen molar-refractivity contribution in [2.75, 3.05) is 6.54 Å². The molecule has 1 N–H and O–H groups in total. The van der Waals surface area contributed by atoms with Crippen LogP contribution in [0.4, 0.5) is 0 Å². The van der Waals surface area contributed by atoms with Crippen molar-refractivity contribution in [1.29, 1.82) is 0 Å². The Bertz CT molecular complexity index is 430. The van der Waals surface area contributed by atoms with Crippen molar-refractivity contribution in [2.24, 2.45) is 0 Å². The summed E-state index contributed by atoms with van der Waals surface area (Å²) >= 11 is 1.78. The molecule has 0 spiro atoms. The monoisotopic (exact) mass is 281 g/mol. The van der Waals surface area contributed by atoms with E-state index in [-0.39, 0.29) is 12.1 Å². The Hall–Kier alpha value is -0.870. The fourth-order valence-corrected chi connectivity index (χ4v) is 3.83. The number of carboxylic acid groups (broad SMARTS) is 1. The van der Waals surface area contributed by atoms with Gasteiger partial charge in [0.2, 0.25) is 0 Å². The lowest BCUT2D eigenvalue weighted by molar-refractivity contribution is -0.145. The SMILES string of the molecule is Cc1ccc(C(C)N2CCCCCCC2C(=O)O)s1. The second-order valence-electron chi connectivity index (χ2n) is 5.42. The lowest BCUT2D eigenvalue weighted by Crippen LogP contribution is -2.43. The van der Waals surface area contributed by atoms with Crippen LogP contribution in [0.5, 0.6) is 0 Å². The number of carbonyl (C=O) groups is 1. The highest BCUT2D eigenvalue weighted by molar-refractivity contribution is 7.12. The third-order valence-corrected chi connectivity index (χ3v) is 5.17. The summed E-state index contributed by atoms with van der Waals surface area (Å²) in [5.41, 5.74) is 0. The van der Waals surface area contributed by atoms with Gasteiger partial charge in [-0.15, -0.1) is 11.3 Å².